The fourth-order valence-corrected chi connectivity index (χ4v) is 7.80. The smallest absolute Gasteiger partial charge is 0.245 e. The van der Waals surface area contributed by atoms with Gasteiger partial charge in [-0.3, -0.25) is 9.59 Å². The summed E-state index contributed by atoms with van der Waals surface area (Å²) in [7, 11) is 0. The third-order valence-electron chi connectivity index (χ3n) is 8.93. The highest BCUT2D eigenvalue weighted by Crippen LogP contribution is 2.60. The van der Waals surface area contributed by atoms with E-state index in [1.165, 1.54) is 19.3 Å². The van der Waals surface area contributed by atoms with Crippen LogP contribution in [0.25, 0.3) is 5.69 Å². The number of rotatable bonds is 7. The van der Waals surface area contributed by atoms with Crippen LogP contribution in [0.3, 0.4) is 0 Å². The van der Waals surface area contributed by atoms with Crippen molar-refractivity contribution in [1.29, 1.82) is 0 Å². The van der Waals surface area contributed by atoms with Crippen LogP contribution in [-0.2, 0) is 21.5 Å². The van der Waals surface area contributed by atoms with Gasteiger partial charge in [-0.15, -0.1) is 0 Å². The lowest BCUT2D eigenvalue weighted by Crippen LogP contribution is -2.55. The molecule has 40 heavy (non-hydrogen) atoms. The Bertz CT molecular complexity index is 1390. The molecule has 1 aromatic carbocycles. The predicted molar refractivity (Wildman–Crippen MR) is 156 cm³/mol. The lowest BCUT2D eigenvalue weighted by Gasteiger charge is -2.56. The Morgan fingerprint density at radius 2 is 1.73 bits per heavy atom. The molecule has 2 heterocycles. The van der Waals surface area contributed by atoms with Gasteiger partial charge in [-0.2, -0.15) is 5.10 Å². The van der Waals surface area contributed by atoms with Crippen LogP contribution in [0.4, 0.5) is 5.82 Å². The number of halogens is 2. The Balaban J connectivity index is 1.27. The van der Waals surface area contributed by atoms with E-state index in [9.17, 15) is 9.59 Å². The first-order valence-electron chi connectivity index (χ1n) is 14.2. The molecule has 4 bridgehead atoms. The summed E-state index contributed by atoms with van der Waals surface area (Å²) >= 11 is 12.5. The van der Waals surface area contributed by atoms with Gasteiger partial charge in [0.05, 0.1) is 39.6 Å². The van der Waals surface area contributed by atoms with Crippen molar-refractivity contribution in [2.24, 2.45) is 23.2 Å². The highest BCUT2D eigenvalue weighted by Gasteiger charge is 2.55. The SMILES string of the molecule is CC(C)(C)c1cc(NC(=O)CN(Cc2ccco2)C(=O)C23CC4CC(CC(C4)C2)C3)n(-c2ccc(Cl)c(Cl)c2)n1. The lowest BCUT2D eigenvalue weighted by atomic mass is 9.49. The molecule has 7 rings (SSSR count). The summed E-state index contributed by atoms with van der Waals surface area (Å²) in [5.74, 6) is 2.87. The molecule has 2 aromatic heterocycles. The van der Waals surface area contributed by atoms with Crippen molar-refractivity contribution in [3.8, 4) is 5.69 Å². The highest BCUT2D eigenvalue weighted by atomic mass is 35.5. The van der Waals surface area contributed by atoms with E-state index < -0.39 is 0 Å². The van der Waals surface area contributed by atoms with Crippen molar-refractivity contribution in [3.63, 3.8) is 0 Å². The van der Waals surface area contributed by atoms with E-state index in [-0.39, 0.29) is 35.7 Å². The van der Waals surface area contributed by atoms with Gasteiger partial charge in [0.2, 0.25) is 11.8 Å². The molecular weight excluding hydrogens is 547 g/mol. The van der Waals surface area contributed by atoms with Crippen LogP contribution in [0.15, 0.2) is 47.1 Å². The van der Waals surface area contributed by atoms with Crippen LogP contribution in [-0.4, -0.2) is 33.0 Å². The molecular formula is C31H36Cl2N4O3. The summed E-state index contributed by atoms with van der Waals surface area (Å²) in [6, 6.07) is 10.8. The van der Waals surface area contributed by atoms with Crippen LogP contribution in [0.2, 0.25) is 10.0 Å². The number of nitrogens with zero attached hydrogens (tertiary/aromatic N) is 3. The van der Waals surface area contributed by atoms with Gasteiger partial charge in [0, 0.05) is 11.5 Å². The Morgan fingerprint density at radius 1 is 1.05 bits per heavy atom. The van der Waals surface area contributed by atoms with Gasteiger partial charge in [0.25, 0.3) is 0 Å². The summed E-state index contributed by atoms with van der Waals surface area (Å²) in [5.41, 5.74) is 0.882. The second-order valence-corrected chi connectivity index (χ2v) is 14.0. The zero-order valence-electron chi connectivity index (χ0n) is 23.3. The minimum Gasteiger partial charge on any atom is -0.467 e. The van der Waals surface area contributed by atoms with Gasteiger partial charge in [-0.25, -0.2) is 4.68 Å². The standard InChI is InChI=1S/C31H36Cl2N4O3/c1-30(2,3)26-13-27(37(35-26)22-6-7-24(32)25(33)12-22)34-28(38)18-36(17-23-5-4-8-40-23)29(39)31-14-19-9-20(15-31)11-21(10-19)16-31/h4-8,12-13,19-21H,9-11,14-18H2,1-3H3,(H,34,38). The van der Waals surface area contributed by atoms with Gasteiger partial charge in [-0.1, -0.05) is 44.0 Å². The molecule has 0 unspecified atom stereocenters. The summed E-state index contributed by atoms with van der Waals surface area (Å²) in [6.07, 6.45) is 8.17. The Kier molecular flexibility index (Phi) is 7.02. The molecule has 9 heteroatoms. The summed E-state index contributed by atoms with van der Waals surface area (Å²) in [4.78, 5) is 29.6. The maximum Gasteiger partial charge on any atom is 0.245 e. The third kappa shape index (κ3) is 5.30. The molecule has 212 valence electrons. The topological polar surface area (TPSA) is 80.4 Å². The van der Waals surface area contributed by atoms with E-state index in [0.717, 1.165) is 25.0 Å². The van der Waals surface area contributed by atoms with E-state index in [0.29, 0.717) is 45.1 Å². The Morgan fingerprint density at radius 3 is 2.30 bits per heavy atom. The molecule has 4 aliphatic carbocycles. The number of anilines is 1. The average molecular weight is 584 g/mol. The van der Waals surface area contributed by atoms with Gasteiger partial charge in [-0.05, 0) is 86.6 Å². The highest BCUT2D eigenvalue weighted by molar-refractivity contribution is 6.42. The van der Waals surface area contributed by atoms with Crippen LogP contribution in [0.5, 0.6) is 0 Å². The van der Waals surface area contributed by atoms with Crippen molar-refractivity contribution in [3.05, 3.63) is 64.2 Å². The van der Waals surface area contributed by atoms with Crippen LogP contribution in [0.1, 0.15) is 70.8 Å². The lowest BCUT2D eigenvalue weighted by molar-refractivity contribution is -0.159. The molecule has 4 aliphatic rings. The van der Waals surface area contributed by atoms with Gasteiger partial charge in [0.15, 0.2) is 0 Å². The summed E-state index contributed by atoms with van der Waals surface area (Å²) in [6.45, 7) is 6.39. The molecule has 0 atom stereocenters. The van der Waals surface area contributed by atoms with Crippen molar-refractivity contribution in [1.82, 2.24) is 14.7 Å². The molecule has 4 saturated carbocycles. The van der Waals surface area contributed by atoms with E-state index in [1.54, 1.807) is 28.0 Å². The average Bonchev–Trinajstić information content (AvgIpc) is 3.54. The third-order valence-corrected chi connectivity index (χ3v) is 9.67. The van der Waals surface area contributed by atoms with E-state index >= 15 is 0 Å². The maximum atomic E-state index is 14.3. The number of carbonyl (C=O) groups is 2. The molecule has 3 aromatic rings. The largest absolute Gasteiger partial charge is 0.467 e. The van der Waals surface area contributed by atoms with E-state index in [4.69, 9.17) is 32.7 Å². The van der Waals surface area contributed by atoms with Crippen molar-refractivity contribution in [2.75, 3.05) is 11.9 Å². The van der Waals surface area contributed by atoms with E-state index in [1.807, 2.05) is 24.3 Å². The second kappa shape index (κ2) is 10.3. The number of aromatic nitrogens is 2. The second-order valence-electron chi connectivity index (χ2n) is 13.2. The first kappa shape index (κ1) is 27.4. The number of nitrogens with one attached hydrogen (secondary N) is 1. The normalized spacial score (nSPS) is 25.3. The molecule has 0 spiro atoms. The van der Waals surface area contributed by atoms with Gasteiger partial charge >= 0.3 is 0 Å². The zero-order valence-corrected chi connectivity index (χ0v) is 24.8. The maximum absolute atomic E-state index is 14.3. The van der Waals surface area contributed by atoms with Crippen molar-refractivity contribution in [2.45, 2.75) is 71.3 Å². The monoisotopic (exact) mass is 582 g/mol. The Labute approximate surface area is 245 Å². The minimum atomic E-state index is -0.358. The number of furan rings is 1. The fourth-order valence-electron chi connectivity index (χ4n) is 7.50. The first-order valence-corrected chi connectivity index (χ1v) is 14.9. The molecule has 1 N–H and O–H groups in total. The molecule has 2 amide bonds. The fraction of sp³-hybridized carbons (Fsp3) is 0.516. The van der Waals surface area contributed by atoms with Gasteiger partial charge in [0.1, 0.15) is 18.1 Å². The number of hydrogen-bond acceptors (Lipinski definition) is 4. The quantitative estimate of drug-likeness (QED) is 0.318. The van der Waals surface area contributed by atoms with E-state index in [2.05, 4.69) is 26.1 Å². The molecule has 7 nitrogen and oxygen atoms in total. The summed E-state index contributed by atoms with van der Waals surface area (Å²) < 4.78 is 7.27. The summed E-state index contributed by atoms with van der Waals surface area (Å²) in [5, 5.41) is 8.66. The number of hydrogen-bond donors (Lipinski definition) is 1. The molecule has 0 saturated heterocycles. The first-order chi connectivity index (χ1) is 19.0. The number of benzene rings is 1. The molecule has 0 aliphatic heterocycles. The minimum absolute atomic E-state index is 0.0707. The van der Waals surface area contributed by atoms with Gasteiger partial charge < -0.3 is 14.6 Å². The van der Waals surface area contributed by atoms with Crippen LogP contribution < -0.4 is 5.32 Å². The zero-order chi connectivity index (χ0) is 28.2. The number of carbonyl (C=O) groups excluding carboxylic acids is 2. The van der Waals surface area contributed by atoms with Crippen LogP contribution >= 0.6 is 23.2 Å². The molecule has 4 fully saturated rings. The predicted octanol–water partition coefficient (Wildman–Crippen LogP) is 7.25. The van der Waals surface area contributed by atoms with Crippen molar-refractivity contribution >= 4 is 40.8 Å². The Hall–Kier alpha value is -2.77. The van der Waals surface area contributed by atoms with Crippen LogP contribution in [0, 0.1) is 23.2 Å². The van der Waals surface area contributed by atoms with Crippen molar-refractivity contribution < 1.29 is 14.0 Å². The molecule has 0 radical (unpaired) electrons. The number of amides is 2.